The summed E-state index contributed by atoms with van der Waals surface area (Å²) >= 11 is 7.81. The van der Waals surface area contributed by atoms with Gasteiger partial charge in [0.05, 0.1) is 16.9 Å². The van der Waals surface area contributed by atoms with Crippen LogP contribution in [0.2, 0.25) is 5.02 Å². The number of hydrogen-bond acceptors (Lipinski definition) is 10. The van der Waals surface area contributed by atoms with Crippen molar-refractivity contribution in [1.29, 1.82) is 0 Å². The number of amides is 1. The molecule has 1 aromatic carbocycles. The van der Waals surface area contributed by atoms with Crippen molar-refractivity contribution in [2.75, 3.05) is 42.1 Å². The van der Waals surface area contributed by atoms with E-state index in [-0.39, 0.29) is 28.8 Å². The van der Waals surface area contributed by atoms with Crippen molar-refractivity contribution in [3.8, 4) is 0 Å². The molecule has 192 valence electrons. The van der Waals surface area contributed by atoms with E-state index in [1.807, 2.05) is 0 Å². The van der Waals surface area contributed by atoms with Crippen molar-refractivity contribution in [1.82, 2.24) is 9.97 Å². The lowest BCUT2D eigenvalue weighted by Crippen LogP contribution is -2.48. The molecule has 0 bridgehead atoms. The average molecular weight is 541 g/mol. The number of rotatable bonds is 6. The van der Waals surface area contributed by atoms with Crippen molar-refractivity contribution >= 4 is 52.4 Å². The Bertz CT molecular complexity index is 1380. The smallest absolute Gasteiger partial charge is 0.262 e. The number of carbonyl (C=O) groups excluding carboxylic acids is 1. The first kappa shape index (κ1) is 25.2. The maximum Gasteiger partial charge on any atom is 0.262 e. The normalized spacial score (nSPS) is 22.7. The molecule has 3 aliphatic rings. The van der Waals surface area contributed by atoms with Gasteiger partial charge in [0.2, 0.25) is 11.7 Å². The number of hydrogen-bond donors (Lipinski definition) is 4. The van der Waals surface area contributed by atoms with Gasteiger partial charge in [-0.05, 0) is 43.2 Å². The van der Waals surface area contributed by atoms with Gasteiger partial charge in [-0.3, -0.25) is 9.44 Å². The molecule has 1 fully saturated rings. The molecular weight excluding hydrogens is 516 g/mol. The van der Waals surface area contributed by atoms with Gasteiger partial charge in [0.15, 0.2) is 5.82 Å². The molecule has 2 unspecified atom stereocenters. The molecule has 37 heavy (non-hydrogen) atoms. The molecule has 2 atom stereocenters. The summed E-state index contributed by atoms with van der Waals surface area (Å²) in [6, 6.07) is 5.09. The van der Waals surface area contributed by atoms with Crippen molar-refractivity contribution in [2.45, 2.75) is 16.3 Å². The number of amidine groups is 1. The molecule has 0 aliphatic carbocycles. The molecule has 11 nitrogen and oxygen atoms in total. The minimum atomic E-state index is -0.967. The SMILES string of the molecule is NCC1CCN(c2cnc(Sc3cccc(NC(=O)C4=C(O)N=C5C=CC=C[N+]5([O-])C4)c3Cl)c(N)n2)C1. The van der Waals surface area contributed by atoms with Crippen LogP contribution in [0.1, 0.15) is 6.42 Å². The molecule has 1 aromatic heterocycles. The van der Waals surface area contributed by atoms with Crippen LogP contribution in [0.15, 0.2) is 75.2 Å². The highest BCUT2D eigenvalue weighted by molar-refractivity contribution is 7.99. The van der Waals surface area contributed by atoms with Crippen LogP contribution in [0.3, 0.4) is 0 Å². The number of nitrogens with two attached hydrogens (primary N) is 2. The number of fused-ring (bicyclic) bond motifs is 1. The fraction of sp³-hybridized carbons (Fsp3) is 0.250. The second-order valence-corrected chi connectivity index (χ2v) is 10.3. The van der Waals surface area contributed by atoms with Gasteiger partial charge >= 0.3 is 0 Å². The monoisotopic (exact) mass is 540 g/mol. The summed E-state index contributed by atoms with van der Waals surface area (Å²) < 4.78 is -0.967. The summed E-state index contributed by atoms with van der Waals surface area (Å²) in [6.07, 6.45) is 8.76. The summed E-state index contributed by atoms with van der Waals surface area (Å²) in [6.45, 7) is 2.01. The number of nitrogen functional groups attached to an aromatic ring is 1. The number of anilines is 3. The molecule has 1 amide bonds. The van der Waals surface area contributed by atoms with Crippen LogP contribution in [0.5, 0.6) is 0 Å². The molecule has 2 aromatic rings. The summed E-state index contributed by atoms with van der Waals surface area (Å²) in [7, 11) is 0. The Kier molecular flexibility index (Phi) is 6.92. The van der Waals surface area contributed by atoms with Crippen molar-refractivity contribution < 1.29 is 14.5 Å². The maximum absolute atomic E-state index is 13.0. The number of aromatic nitrogens is 2. The van der Waals surface area contributed by atoms with E-state index in [2.05, 4.69) is 25.2 Å². The Morgan fingerprint density at radius 3 is 2.97 bits per heavy atom. The standard InChI is InChI=1S/C24H25ClN8O3S/c25-20-16(29-22(34)15-13-33(36)9-2-1-6-19(33)31-23(15)35)4-3-5-17(20)37-24-21(27)30-18(11-28-24)32-8-7-14(10-26)12-32/h1-6,9,11,14,35H,7-8,10,12-13,26H2,(H2,27,30)(H,29,34). The largest absolute Gasteiger partial charge is 0.621 e. The zero-order valence-corrected chi connectivity index (χ0v) is 21.2. The van der Waals surface area contributed by atoms with Gasteiger partial charge in [-0.15, -0.1) is 0 Å². The summed E-state index contributed by atoms with van der Waals surface area (Å²) in [5, 5.41) is 26.7. The molecule has 5 rings (SSSR count). The first-order valence-electron chi connectivity index (χ1n) is 11.6. The predicted molar refractivity (Wildman–Crippen MR) is 144 cm³/mol. The van der Waals surface area contributed by atoms with E-state index in [0.29, 0.717) is 33.9 Å². The molecule has 1 saturated heterocycles. The Hall–Kier alpha value is -3.42. The van der Waals surface area contributed by atoms with E-state index in [9.17, 15) is 15.1 Å². The summed E-state index contributed by atoms with van der Waals surface area (Å²) in [5.41, 5.74) is 12.1. The number of benzene rings is 1. The zero-order valence-electron chi connectivity index (χ0n) is 19.7. The molecule has 0 radical (unpaired) electrons. The molecular formula is C24H25ClN8O3S. The van der Waals surface area contributed by atoms with Crippen LogP contribution < -0.4 is 21.7 Å². The van der Waals surface area contributed by atoms with E-state index in [4.69, 9.17) is 23.1 Å². The van der Waals surface area contributed by atoms with E-state index in [0.717, 1.165) is 19.5 Å². The van der Waals surface area contributed by atoms with Crippen LogP contribution in [0.25, 0.3) is 0 Å². The lowest BCUT2D eigenvalue weighted by molar-refractivity contribution is -0.727. The van der Waals surface area contributed by atoms with E-state index < -0.39 is 16.4 Å². The summed E-state index contributed by atoms with van der Waals surface area (Å²) in [5.74, 6) is 0.324. The number of aliphatic hydroxyl groups excluding tert-OH is 1. The number of allylic oxidation sites excluding steroid dienone is 2. The van der Waals surface area contributed by atoms with Gasteiger partial charge in [-0.1, -0.05) is 29.4 Å². The van der Waals surface area contributed by atoms with Crippen LogP contribution >= 0.6 is 23.4 Å². The number of carbonyl (C=O) groups is 1. The van der Waals surface area contributed by atoms with Crippen molar-refractivity contribution in [2.24, 2.45) is 16.6 Å². The summed E-state index contributed by atoms with van der Waals surface area (Å²) in [4.78, 5) is 28.6. The van der Waals surface area contributed by atoms with Gasteiger partial charge in [-0.2, -0.15) is 4.99 Å². The molecule has 13 heteroatoms. The highest BCUT2D eigenvalue weighted by atomic mass is 35.5. The zero-order chi connectivity index (χ0) is 26.2. The Morgan fingerprint density at radius 1 is 1.38 bits per heavy atom. The topological polar surface area (TPSA) is 166 Å². The third-order valence-electron chi connectivity index (χ3n) is 6.34. The number of nitrogens with one attached hydrogen (secondary N) is 1. The van der Waals surface area contributed by atoms with Gasteiger partial charge < -0.3 is 32.0 Å². The fourth-order valence-electron chi connectivity index (χ4n) is 4.28. The molecule has 4 heterocycles. The number of quaternary nitrogens is 1. The van der Waals surface area contributed by atoms with E-state index in [1.54, 1.807) is 36.5 Å². The first-order valence-corrected chi connectivity index (χ1v) is 12.8. The predicted octanol–water partition coefficient (Wildman–Crippen LogP) is 3.17. The van der Waals surface area contributed by atoms with Crippen LogP contribution in [0, 0.1) is 11.1 Å². The van der Waals surface area contributed by atoms with Crippen molar-refractivity contribution in [3.05, 3.63) is 70.5 Å². The maximum atomic E-state index is 13.0. The third kappa shape index (κ3) is 5.06. The molecule has 0 saturated carbocycles. The van der Waals surface area contributed by atoms with Gasteiger partial charge in [0.25, 0.3) is 5.91 Å². The highest BCUT2D eigenvalue weighted by Crippen LogP contribution is 2.39. The lowest BCUT2D eigenvalue weighted by Gasteiger charge is -2.40. The average Bonchev–Trinajstić information content (AvgIpc) is 3.37. The third-order valence-corrected chi connectivity index (χ3v) is 7.93. The minimum Gasteiger partial charge on any atom is -0.621 e. The van der Waals surface area contributed by atoms with Crippen LogP contribution in [0.4, 0.5) is 17.3 Å². The van der Waals surface area contributed by atoms with E-state index >= 15 is 0 Å². The number of aliphatic hydroxyl groups is 1. The Balaban J connectivity index is 1.32. The Labute approximate surface area is 222 Å². The second-order valence-electron chi connectivity index (χ2n) is 8.86. The quantitative estimate of drug-likeness (QED) is 0.318. The van der Waals surface area contributed by atoms with Gasteiger partial charge in [0, 0.05) is 24.1 Å². The fourth-order valence-corrected chi connectivity index (χ4v) is 5.38. The van der Waals surface area contributed by atoms with Gasteiger partial charge in [-0.25, -0.2) is 9.97 Å². The van der Waals surface area contributed by atoms with Crippen molar-refractivity contribution in [3.63, 3.8) is 0 Å². The highest BCUT2D eigenvalue weighted by Gasteiger charge is 2.34. The van der Waals surface area contributed by atoms with Crippen LogP contribution in [-0.2, 0) is 4.79 Å². The van der Waals surface area contributed by atoms with E-state index in [1.165, 1.54) is 24.0 Å². The first-order chi connectivity index (χ1) is 17.8. The molecule has 6 N–H and O–H groups in total. The number of aliphatic imine (C=N–C) groups is 1. The van der Waals surface area contributed by atoms with Crippen LogP contribution in [-0.4, -0.2) is 57.6 Å². The second kappa shape index (κ2) is 10.1. The molecule has 0 spiro atoms. The number of hydroxylamine groups is 3. The van der Waals surface area contributed by atoms with Gasteiger partial charge in [0.1, 0.15) is 29.2 Å². The molecule has 3 aliphatic heterocycles. The minimum absolute atomic E-state index is 0.0987. The Morgan fingerprint density at radius 2 is 2.22 bits per heavy atom. The number of nitrogens with zero attached hydrogens (tertiary/aromatic N) is 5. The number of halogens is 1. The lowest BCUT2D eigenvalue weighted by atomic mass is 10.1.